The smallest absolute Gasteiger partial charge is 0.119 e. The summed E-state index contributed by atoms with van der Waals surface area (Å²) in [6.07, 6.45) is 4.29. The second-order valence-corrected chi connectivity index (χ2v) is 7.67. The molecule has 2 N–H and O–H groups in total. The van der Waals surface area contributed by atoms with Crippen molar-refractivity contribution in [1.29, 1.82) is 0 Å². The Kier molecular flexibility index (Phi) is 8.27. The number of nitrogens with one attached hydrogen (secondary N) is 1. The summed E-state index contributed by atoms with van der Waals surface area (Å²) in [5, 5.41) is 13.6. The lowest BCUT2D eigenvalue weighted by atomic mass is 10.1. The van der Waals surface area contributed by atoms with Gasteiger partial charge in [-0.1, -0.05) is 24.6 Å². The molecule has 2 aromatic rings. The molecule has 1 aliphatic rings. The number of ether oxygens (including phenoxy) is 1. The van der Waals surface area contributed by atoms with Crippen LogP contribution in [0.4, 0.5) is 0 Å². The van der Waals surface area contributed by atoms with Crippen LogP contribution >= 0.6 is 0 Å². The van der Waals surface area contributed by atoms with E-state index < -0.39 is 6.10 Å². The van der Waals surface area contributed by atoms with Gasteiger partial charge < -0.3 is 20.1 Å². The number of benzene rings is 1. The van der Waals surface area contributed by atoms with Gasteiger partial charge in [0.2, 0.25) is 0 Å². The Morgan fingerprint density at radius 2 is 1.89 bits per heavy atom. The maximum atomic E-state index is 10.2. The third-order valence-corrected chi connectivity index (χ3v) is 5.12. The quantitative estimate of drug-likeness (QED) is 0.618. The number of aliphatic hydroxyl groups excluding tert-OH is 1. The van der Waals surface area contributed by atoms with Crippen molar-refractivity contribution in [2.45, 2.75) is 45.3 Å². The summed E-state index contributed by atoms with van der Waals surface area (Å²) in [5.41, 5.74) is 3.41. The highest BCUT2D eigenvalue weighted by Crippen LogP contribution is 2.13. The van der Waals surface area contributed by atoms with Crippen molar-refractivity contribution in [2.24, 2.45) is 0 Å². The second-order valence-electron chi connectivity index (χ2n) is 7.67. The fourth-order valence-corrected chi connectivity index (χ4v) is 3.58. The Bertz CT molecular complexity index is 699. The van der Waals surface area contributed by atoms with E-state index in [9.17, 15) is 5.11 Å². The van der Waals surface area contributed by atoms with Crippen LogP contribution in [0, 0.1) is 6.92 Å². The molecule has 0 amide bonds. The Hall–Kier alpha value is -1.95. The van der Waals surface area contributed by atoms with E-state index >= 15 is 0 Å². The summed E-state index contributed by atoms with van der Waals surface area (Å²) in [7, 11) is 0. The molecule has 1 saturated heterocycles. The first-order valence-electron chi connectivity index (χ1n) is 10.4. The first kappa shape index (κ1) is 20.8. The third-order valence-electron chi connectivity index (χ3n) is 5.12. The summed E-state index contributed by atoms with van der Waals surface area (Å²) in [6, 6.07) is 14.3. The molecule has 1 fully saturated rings. The van der Waals surface area contributed by atoms with Gasteiger partial charge in [-0.25, -0.2) is 0 Å². The van der Waals surface area contributed by atoms with Gasteiger partial charge in [-0.05, 0) is 62.7 Å². The van der Waals surface area contributed by atoms with Crippen molar-refractivity contribution in [3.63, 3.8) is 0 Å². The molecule has 28 heavy (non-hydrogen) atoms. The highest BCUT2D eigenvalue weighted by atomic mass is 16.5. The molecule has 2 heterocycles. The van der Waals surface area contributed by atoms with Gasteiger partial charge in [0.15, 0.2) is 0 Å². The number of aromatic nitrogens is 1. The minimum atomic E-state index is -0.435. The summed E-state index contributed by atoms with van der Waals surface area (Å²) in [5.74, 6) is 0.811. The topological polar surface area (TPSA) is 57.6 Å². The van der Waals surface area contributed by atoms with Crippen LogP contribution in [0.15, 0.2) is 42.5 Å². The lowest BCUT2D eigenvalue weighted by Gasteiger charge is -2.28. The van der Waals surface area contributed by atoms with Crippen molar-refractivity contribution in [2.75, 3.05) is 32.8 Å². The molecule has 0 spiro atoms. The summed E-state index contributed by atoms with van der Waals surface area (Å²) >= 11 is 0. The number of rotatable bonds is 10. The fraction of sp³-hybridized carbons (Fsp3) is 0.522. The van der Waals surface area contributed by atoms with Gasteiger partial charge in [-0.15, -0.1) is 0 Å². The van der Waals surface area contributed by atoms with Crippen molar-refractivity contribution in [3.05, 3.63) is 59.4 Å². The molecule has 1 aromatic carbocycles. The zero-order valence-electron chi connectivity index (χ0n) is 16.9. The molecular formula is C23H33N3O2. The number of aryl methyl sites for hydroxylation is 1. The Morgan fingerprint density at radius 3 is 2.64 bits per heavy atom. The number of likely N-dealkylation sites (tertiary alicyclic amines) is 1. The molecule has 1 atom stereocenters. The highest BCUT2D eigenvalue weighted by Gasteiger charge is 2.15. The average molecular weight is 384 g/mol. The fourth-order valence-electron chi connectivity index (χ4n) is 3.58. The molecule has 1 aliphatic heterocycles. The molecule has 0 saturated carbocycles. The Morgan fingerprint density at radius 1 is 1.11 bits per heavy atom. The van der Waals surface area contributed by atoms with E-state index in [2.05, 4.69) is 39.5 Å². The molecule has 0 aliphatic carbocycles. The van der Waals surface area contributed by atoms with E-state index in [1.807, 2.05) is 25.1 Å². The molecule has 5 heteroatoms. The normalized spacial score (nSPS) is 16.1. The van der Waals surface area contributed by atoms with E-state index in [0.717, 1.165) is 49.7 Å². The van der Waals surface area contributed by atoms with E-state index in [4.69, 9.17) is 4.74 Å². The van der Waals surface area contributed by atoms with Crippen LogP contribution in [0.5, 0.6) is 5.75 Å². The zero-order valence-corrected chi connectivity index (χ0v) is 16.9. The van der Waals surface area contributed by atoms with Gasteiger partial charge in [0.1, 0.15) is 18.5 Å². The summed E-state index contributed by atoms with van der Waals surface area (Å²) < 4.78 is 5.75. The SMILES string of the molecule is Cc1cccc(CCNCc2ccc(OC[C@H](O)CN3CCCCC3)cc2)n1. The van der Waals surface area contributed by atoms with Gasteiger partial charge >= 0.3 is 0 Å². The lowest BCUT2D eigenvalue weighted by Crippen LogP contribution is -2.38. The van der Waals surface area contributed by atoms with Gasteiger partial charge in [-0.3, -0.25) is 4.98 Å². The first-order valence-corrected chi connectivity index (χ1v) is 10.4. The molecule has 1 aromatic heterocycles. The van der Waals surface area contributed by atoms with Crippen LogP contribution < -0.4 is 10.1 Å². The first-order chi connectivity index (χ1) is 13.7. The van der Waals surface area contributed by atoms with Crippen LogP contribution in [0.25, 0.3) is 0 Å². The van der Waals surface area contributed by atoms with Gasteiger partial charge in [0, 0.05) is 37.4 Å². The van der Waals surface area contributed by atoms with Crippen LogP contribution in [-0.2, 0) is 13.0 Å². The van der Waals surface area contributed by atoms with Gasteiger partial charge in [-0.2, -0.15) is 0 Å². The Balaban J connectivity index is 1.32. The lowest BCUT2D eigenvalue weighted by molar-refractivity contribution is 0.0617. The molecule has 152 valence electrons. The highest BCUT2D eigenvalue weighted by molar-refractivity contribution is 5.27. The minimum Gasteiger partial charge on any atom is -0.491 e. The molecular weight excluding hydrogens is 350 g/mol. The Labute approximate surface area is 168 Å². The number of nitrogens with zero attached hydrogens (tertiary/aromatic N) is 2. The number of hydrogen-bond acceptors (Lipinski definition) is 5. The van der Waals surface area contributed by atoms with Crippen LogP contribution in [0.3, 0.4) is 0 Å². The van der Waals surface area contributed by atoms with Crippen LogP contribution in [-0.4, -0.2) is 53.9 Å². The van der Waals surface area contributed by atoms with E-state index in [1.54, 1.807) is 0 Å². The summed E-state index contributed by atoms with van der Waals surface area (Å²) in [4.78, 5) is 6.85. The summed E-state index contributed by atoms with van der Waals surface area (Å²) in [6.45, 7) is 6.99. The largest absolute Gasteiger partial charge is 0.491 e. The van der Waals surface area contributed by atoms with E-state index in [0.29, 0.717) is 13.2 Å². The number of hydrogen-bond donors (Lipinski definition) is 2. The second kappa shape index (κ2) is 11.1. The number of piperidine rings is 1. The third kappa shape index (κ3) is 7.23. The number of aliphatic hydroxyl groups is 1. The van der Waals surface area contributed by atoms with E-state index in [1.165, 1.54) is 24.8 Å². The van der Waals surface area contributed by atoms with E-state index in [-0.39, 0.29) is 0 Å². The monoisotopic (exact) mass is 383 g/mol. The van der Waals surface area contributed by atoms with Crippen molar-refractivity contribution in [1.82, 2.24) is 15.2 Å². The molecule has 3 rings (SSSR count). The maximum Gasteiger partial charge on any atom is 0.119 e. The number of pyridine rings is 1. The predicted molar refractivity (Wildman–Crippen MR) is 113 cm³/mol. The zero-order chi connectivity index (χ0) is 19.6. The van der Waals surface area contributed by atoms with Gasteiger partial charge in [0.25, 0.3) is 0 Å². The van der Waals surface area contributed by atoms with Crippen molar-refractivity contribution < 1.29 is 9.84 Å². The van der Waals surface area contributed by atoms with Gasteiger partial charge in [0.05, 0.1) is 0 Å². The number of β-amino-alcohol motifs (C(OH)–C–C–N with tert-alkyl or cyclic N) is 1. The standard InChI is InChI=1S/C23H33N3O2/c1-19-6-5-7-21(25-19)12-13-24-16-20-8-10-23(11-9-20)28-18-22(27)17-26-14-3-2-4-15-26/h5-11,22,24,27H,2-4,12-18H2,1H3/t22-/m1/s1. The average Bonchev–Trinajstić information content (AvgIpc) is 2.71. The van der Waals surface area contributed by atoms with Crippen molar-refractivity contribution in [3.8, 4) is 5.75 Å². The molecule has 0 bridgehead atoms. The molecule has 0 unspecified atom stereocenters. The molecule has 5 nitrogen and oxygen atoms in total. The van der Waals surface area contributed by atoms with Crippen molar-refractivity contribution >= 4 is 0 Å². The molecule has 0 radical (unpaired) electrons. The maximum absolute atomic E-state index is 10.2. The van der Waals surface area contributed by atoms with Crippen LogP contribution in [0.2, 0.25) is 0 Å². The van der Waals surface area contributed by atoms with Crippen LogP contribution in [0.1, 0.15) is 36.2 Å². The minimum absolute atomic E-state index is 0.345. The predicted octanol–water partition coefficient (Wildman–Crippen LogP) is 2.95.